The van der Waals surface area contributed by atoms with E-state index in [1.54, 1.807) is 30.3 Å². The highest BCUT2D eigenvalue weighted by molar-refractivity contribution is 7.91. The molecule has 9 nitrogen and oxygen atoms in total. The molecule has 3 aromatic rings. The van der Waals surface area contributed by atoms with Crippen LogP contribution < -0.4 is 11.2 Å². The van der Waals surface area contributed by atoms with Crippen LogP contribution in [0, 0.1) is 5.53 Å². The Morgan fingerprint density at radius 1 is 1.19 bits per heavy atom. The zero-order valence-electron chi connectivity index (χ0n) is 16.9. The molecule has 32 heavy (non-hydrogen) atoms. The molecule has 0 saturated heterocycles. The predicted molar refractivity (Wildman–Crippen MR) is 123 cm³/mol. The Balaban J connectivity index is 1.74. The molecule has 0 bridgehead atoms. The Hall–Kier alpha value is -3.37. The summed E-state index contributed by atoms with van der Waals surface area (Å²) in [6, 6.07) is 14.3. The summed E-state index contributed by atoms with van der Waals surface area (Å²) in [7, 11) is -3.51. The molecular weight excluding hydrogens is 450 g/mol. The molecule has 0 saturated carbocycles. The van der Waals surface area contributed by atoms with Crippen LogP contribution in [0.25, 0.3) is 11.4 Å². The summed E-state index contributed by atoms with van der Waals surface area (Å²) in [4.78, 5) is 9.24. The van der Waals surface area contributed by atoms with E-state index in [0.29, 0.717) is 47.1 Å². The molecule has 0 aliphatic carbocycles. The standard InChI is InChI=1S/C21H20ClN7O2S/c22-15-4-1-3-14(12-15)20-26-17-5-2-10-32(30,31)19(17)21(27-20)25-16-8-6-13(7-9-16)11-18(28-23)29-24/h1,3-4,6-9,12,23H,2,5,10-11,24H2,(H,25,26,27)/b28-23?,29-18-. The number of hydrogen-bond donors (Lipinski definition) is 3. The average Bonchev–Trinajstić information content (AvgIpc) is 2.78. The largest absolute Gasteiger partial charge is 0.339 e. The quantitative estimate of drug-likeness (QED) is 0.168. The van der Waals surface area contributed by atoms with Gasteiger partial charge in [-0.3, -0.25) is 0 Å². The third-order valence-electron chi connectivity index (χ3n) is 5.01. The van der Waals surface area contributed by atoms with Crippen molar-refractivity contribution >= 4 is 38.8 Å². The second kappa shape index (κ2) is 9.01. The fourth-order valence-electron chi connectivity index (χ4n) is 3.51. The van der Waals surface area contributed by atoms with E-state index in [2.05, 4.69) is 25.5 Å². The molecule has 0 unspecified atom stereocenters. The van der Waals surface area contributed by atoms with Gasteiger partial charge in [0.15, 0.2) is 27.3 Å². The number of halogens is 1. The first-order chi connectivity index (χ1) is 15.4. The number of nitrogens with one attached hydrogen (secondary N) is 2. The zero-order chi connectivity index (χ0) is 22.7. The Bertz CT molecular complexity index is 1310. The van der Waals surface area contributed by atoms with Crippen molar-refractivity contribution < 1.29 is 8.42 Å². The first-order valence-electron chi connectivity index (χ1n) is 9.79. The molecule has 11 heteroatoms. The maximum atomic E-state index is 12.8. The number of benzene rings is 2. The number of fused-ring (bicyclic) bond motifs is 1. The zero-order valence-corrected chi connectivity index (χ0v) is 18.5. The molecule has 2 heterocycles. The van der Waals surface area contributed by atoms with E-state index in [-0.39, 0.29) is 22.3 Å². The fraction of sp³-hybridized carbons (Fsp3) is 0.190. The van der Waals surface area contributed by atoms with Crippen molar-refractivity contribution in [3.63, 3.8) is 0 Å². The molecule has 0 atom stereocenters. The van der Waals surface area contributed by atoms with Crippen LogP contribution in [0.1, 0.15) is 17.7 Å². The Kier molecular flexibility index (Phi) is 6.15. The van der Waals surface area contributed by atoms with Gasteiger partial charge in [-0.2, -0.15) is 5.10 Å². The van der Waals surface area contributed by atoms with E-state index in [0.717, 1.165) is 5.56 Å². The highest BCUT2D eigenvalue weighted by Crippen LogP contribution is 2.33. The summed E-state index contributed by atoms with van der Waals surface area (Å²) >= 11 is 6.12. The Morgan fingerprint density at radius 2 is 1.97 bits per heavy atom. The van der Waals surface area contributed by atoms with E-state index in [9.17, 15) is 8.42 Å². The molecule has 1 aliphatic heterocycles. The van der Waals surface area contributed by atoms with E-state index < -0.39 is 9.84 Å². The van der Waals surface area contributed by atoms with Crippen LogP contribution in [0.5, 0.6) is 0 Å². The number of anilines is 2. The minimum atomic E-state index is -3.51. The Morgan fingerprint density at radius 3 is 2.66 bits per heavy atom. The van der Waals surface area contributed by atoms with E-state index >= 15 is 0 Å². The van der Waals surface area contributed by atoms with Gasteiger partial charge in [0.2, 0.25) is 0 Å². The van der Waals surface area contributed by atoms with Crippen molar-refractivity contribution in [2.75, 3.05) is 11.1 Å². The summed E-state index contributed by atoms with van der Waals surface area (Å²) < 4.78 is 25.7. The Labute approximate surface area is 190 Å². The highest BCUT2D eigenvalue weighted by Gasteiger charge is 2.30. The van der Waals surface area contributed by atoms with Gasteiger partial charge in [0, 0.05) is 22.7 Å². The molecule has 164 valence electrons. The van der Waals surface area contributed by atoms with Gasteiger partial charge in [-0.05, 0) is 42.7 Å². The summed E-state index contributed by atoms with van der Waals surface area (Å²) in [5.41, 5.74) is 9.77. The lowest BCUT2D eigenvalue weighted by molar-refractivity contribution is 0.584. The molecule has 1 aliphatic rings. The van der Waals surface area contributed by atoms with Gasteiger partial charge in [-0.1, -0.05) is 35.9 Å². The summed E-state index contributed by atoms with van der Waals surface area (Å²) in [6.07, 6.45) is 1.38. The van der Waals surface area contributed by atoms with Crippen LogP contribution in [0.15, 0.2) is 63.6 Å². The van der Waals surface area contributed by atoms with Crippen molar-refractivity contribution in [1.82, 2.24) is 9.97 Å². The summed E-state index contributed by atoms with van der Waals surface area (Å²) in [6.45, 7) is 0. The minimum absolute atomic E-state index is 0.0608. The van der Waals surface area contributed by atoms with Gasteiger partial charge in [0.05, 0.1) is 11.4 Å². The summed E-state index contributed by atoms with van der Waals surface area (Å²) in [5, 5.41) is 10.4. The number of hydrogen-bond acceptors (Lipinski definition) is 8. The van der Waals surface area contributed by atoms with Crippen LogP contribution in [-0.4, -0.2) is 30.0 Å². The average molecular weight is 470 g/mol. The van der Waals surface area contributed by atoms with Gasteiger partial charge in [0.1, 0.15) is 4.90 Å². The number of aromatic nitrogens is 2. The maximum absolute atomic E-state index is 12.8. The molecule has 4 rings (SSSR count). The third-order valence-corrected chi connectivity index (χ3v) is 7.13. The molecule has 0 radical (unpaired) electrons. The van der Waals surface area contributed by atoms with Crippen molar-refractivity contribution in [1.29, 1.82) is 5.53 Å². The van der Waals surface area contributed by atoms with E-state index in [1.165, 1.54) is 0 Å². The predicted octanol–water partition coefficient (Wildman–Crippen LogP) is 4.11. The maximum Gasteiger partial charge on any atom is 0.183 e. The lowest BCUT2D eigenvalue weighted by Crippen LogP contribution is -2.20. The molecule has 1 aromatic heterocycles. The van der Waals surface area contributed by atoms with Crippen molar-refractivity contribution in [2.24, 2.45) is 16.1 Å². The van der Waals surface area contributed by atoms with Crippen molar-refractivity contribution in [3.05, 3.63) is 64.8 Å². The smallest absolute Gasteiger partial charge is 0.183 e. The summed E-state index contributed by atoms with van der Waals surface area (Å²) in [5.74, 6) is 6.11. The molecule has 0 spiro atoms. The van der Waals surface area contributed by atoms with Crippen LogP contribution >= 0.6 is 11.6 Å². The number of aryl methyl sites for hydroxylation is 1. The first-order valence-corrected chi connectivity index (χ1v) is 11.8. The number of nitrogens with two attached hydrogens (primary N) is 1. The lowest BCUT2D eigenvalue weighted by Gasteiger charge is -2.20. The number of amidine groups is 1. The third kappa shape index (κ3) is 4.61. The monoisotopic (exact) mass is 469 g/mol. The van der Waals surface area contributed by atoms with Gasteiger partial charge in [-0.15, -0.1) is 5.11 Å². The highest BCUT2D eigenvalue weighted by atomic mass is 35.5. The van der Waals surface area contributed by atoms with E-state index in [4.69, 9.17) is 23.0 Å². The van der Waals surface area contributed by atoms with Gasteiger partial charge < -0.3 is 11.2 Å². The number of sulfone groups is 1. The second-order valence-corrected chi connectivity index (χ2v) is 9.74. The fourth-order valence-corrected chi connectivity index (χ4v) is 5.32. The number of hydrazone groups is 1. The lowest BCUT2D eigenvalue weighted by atomic mass is 10.1. The van der Waals surface area contributed by atoms with Crippen LogP contribution in [-0.2, 0) is 22.7 Å². The number of nitrogens with zero attached hydrogens (tertiary/aromatic N) is 4. The minimum Gasteiger partial charge on any atom is -0.339 e. The number of rotatable bonds is 5. The van der Waals surface area contributed by atoms with Gasteiger partial charge in [-0.25, -0.2) is 23.9 Å². The molecular formula is C21H20ClN7O2S. The molecule has 2 aromatic carbocycles. The topological polar surface area (TPSA) is 147 Å². The molecule has 0 amide bonds. The SMILES string of the molecule is N=N/C(Cc1ccc(Nc2nc(-c3cccc(Cl)c3)nc3c2S(=O)(=O)CCC3)cc1)=N\N. The van der Waals surface area contributed by atoms with Crippen LogP contribution in [0.4, 0.5) is 11.5 Å². The second-order valence-electron chi connectivity index (χ2n) is 7.26. The van der Waals surface area contributed by atoms with Crippen LogP contribution in [0.2, 0.25) is 5.02 Å². The van der Waals surface area contributed by atoms with Crippen molar-refractivity contribution in [2.45, 2.75) is 24.2 Å². The van der Waals surface area contributed by atoms with Gasteiger partial charge >= 0.3 is 0 Å². The van der Waals surface area contributed by atoms with Crippen LogP contribution in [0.3, 0.4) is 0 Å². The van der Waals surface area contributed by atoms with E-state index in [1.807, 2.05) is 18.2 Å². The van der Waals surface area contributed by atoms with Gasteiger partial charge in [0.25, 0.3) is 0 Å². The first kappa shape index (κ1) is 21.8. The van der Waals surface area contributed by atoms with Crippen molar-refractivity contribution in [3.8, 4) is 11.4 Å². The normalized spacial score (nSPS) is 15.1. The molecule has 4 N–H and O–H groups in total. The molecule has 0 fully saturated rings.